The molecule has 0 saturated carbocycles. The third kappa shape index (κ3) is 4.32. The van der Waals surface area contributed by atoms with Crippen LogP contribution >= 0.6 is 0 Å². The Morgan fingerprint density at radius 1 is 1.13 bits per heavy atom. The van der Waals surface area contributed by atoms with Gasteiger partial charge in [0.05, 0.1) is 0 Å². The standard InChI is InChI=1S/C18H20N2O3/c1-3-15(23-16-7-5-4-6-12(16)2)18(22)20-14-10-8-13(9-11-14)17(19)21/h4-11,15H,3H2,1-2H3,(H2,19,21)(H,20,22)/t15-/m1/s1. The molecule has 0 fully saturated rings. The monoisotopic (exact) mass is 312 g/mol. The van der Waals surface area contributed by atoms with Crippen LogP contribution in [0.25, 0.3) is 0 Å². The minimum Gasteiger partial charge on any atom is -0.480 e. The molecule has 0 unspecified atom stereocenters. The molecule has 3 N–H and O–H groups in total. The summed E-state index contributed by atoms with van der Waals surface area (Å²) >= 11 is 0. The zero-order chi connectivity index (χ0) is 16.8. The van der Waals surface area contributed by atoms with E-state index in [-0.39, 0.29) is 5.91 Å². The van der Waals surface area contributed by atoms with Gasteiger partial charge in [-0.05, 0) is 49.2 Å². The molecule has 0 heterocycles. The number of nitrogens with two attached hydrogens (primary N) is 1. The number of rotatable bonds is 6. The number of hydrogen-bond acceptors (Lipinski definition) is 3. The number of amides is 2. The predicted molar refractivity (Wildman–Crippen MR) is 89.5 cm³/mol. The third-order valence-corrected chi connectivity index (χ3v) is 3.46. The van der Waals surface area contributed by atoms with Crippen molar-refractivity contribution < 1.29 is 14.3 Å². The average molecular weight is 312 g/mol. The minimum atomic E-state index is -0.591. The highest BCUT2D eigenvalue weighted by Gasteiger charge is 2.19. The molecule has 0 radical (unpaired) electrons. The maximum Gasteiger partial charge on any atom is 0.265 e. The first-order chi connectivity index (χ1) is 11.0. The van der Waals surface area contributed by atoms with Crippen LogP contribution in [-0.4, -0.2) is 17.9 Å². The summed E-state index contributed by atoms with van der Waals surface area (Å²) in [4.78, 5) is 23.4. The zero-order valence-electron chi connectivity index (χ0n) is 13.2. The van der Waals surface area contributed by atoms with Crippen molar-refractivity contribution in [2.24, 2.45) is 5.73 Å². The molecular formula is C18H20N2O3. The zero-order valence-corrected chi connectivity index (χ0v) is 13.2. The Kier molecular flexibility index (Phi) is 5.36. The minimum absolute atomic E-state index is 0.234. The Balaban J connectivity index is 2.05. The van der Waals surface area contributed by atoms with E-state index in [9.17, 15) is 9.59 Å². The third-order valence-electron chi connectivity index (χ3n) is 3.46. The van der Waals surface area contributed by atoms with Gasteiger partial charge in [-0.1, -0.05) is 25.1 Å². The second-order valence-corrected chi connectivity index (χ2v) is 5.21. The van der Waals surface area contributed by atoms with E-state index in [4.69, 9.17) is 10.5 Å². The molecule has 2 aromatic carbocycles. The molecule has 0 aromatic heterocycles. The molecule has 2 aromatic rings. The van der Waals surface area contributed by atoms with E-state index in [2.05, 4.69) is 5.32 Å². The van der Waals surface area contributed by atoms with Crippen molar-refractivity contribution in [1.29, 1.82) is 0 Å². The number of ether oxygens (including phenoxy) is 1. The van der Waals surface area contributed by atoms with Crippen molar-refractivity contribution in [3.8, 4) is 5.75 Å². The molecule has 0 aliphatic heterocycles. The number of nitrogens with one attached hydrogen (secondary N) is 1. The van der Waals surface area contributed by atoms with Gasteiger partial charge in [-0.3, -0.25) is 9.59 Å². The van der Waals surface area contributed by atoms with Crippen LogP contribution in [-0.2, 0) is 4.79 Å². The van der Waals surface area contributed by atoms with Crippen LogP contribution in [0.2, 0.25) is 0 Å². The van der Waals surface area contributed by atoms with Gasteiger partial charge >= 0.3 is 0 Å². The van der Waals surface area contributed by atoms with Crippen molar-refractivity contribution >= 4 is 17.5 Å². The SMILES string of the molecule is CC[C@@H](Oc1ccccc1C)C(=O)Nc1ccc(C(N)=O)cc1. The number of hydrogen-bond donors (Lipinski definition) is 2. The Morgan fingerprint density at radius 3 is 2.35 bits per heavy atom. The smallest absolute Gasteiger partial charge is 0.265 e. The lowest BCUT2D eigenvalue weighted by atomic mass is 10.2. The molecule has 0 aliphatic carbocycles. The van der Waals surface area contributed by atoms with E-state index in [0.29, 0.717) is 23.4 Å². The van der Waals surface area contributed by atoms with Gasteiger partial charge in [0, 0.05) is 11.3 Å². The van der Waals surface area contributed by atoms with Crippen LogP contribution in [0.1, 0.15) is 29.3 Å². The van der Waals surface area contributed by atoms with E-state index in [0.717, 1.165) is 5.56 Å². The lowest BCUT2D eigenvalue weighted by Crippen LogP contribution is -2.32. The lowest BCUT2D eigenvalue weighted by Gasteiger charge is -2.18. The van der Waals surface area contributed by atoms with E-state index in [1.807, 2.05) is 38.1 Å². The fraction of sp³-hybridized carbons (Fsp3) is 0.222. The average Bonchev–Trinajstić information content (AvgIpc) is 2.54. The van der Waals surface area contributed by atoms with Crippen LogP contribution in [0.4, 0.5) is 5.69 Å². The molecule has 1 atom stereocenters. The predicted octanol–water partition coefficient (Wildman–Crippen LogP) is 2.89. The van der Waals surface area contributed by atoms with Gasteiger partial charge in [-0.25, -0.2) is 0 Å². The Hall–Kier alpha value is -2.82. The highest BCUT2D eigenvalue weighted by atomic mass is 16.5. The lowest BCUT2D eigenvalue weighted by molar-refractivity contribution is -0.122. The van der Waals surface area contributed by atoms with Crippen molar-refractivity contribution in [3.05, 3.63) is 59.7 Å². The summed E-state index contributed by atoms with van der Waals surface area (Å²) in [7, 11) is 0. The molecule has 0 saturated heterocycles. The molecule has 5 heteroatoms. The highest BCUT2D eigenvalue weighted by Crippen LogP contribution is 2.19. The quantitative estimate of drug-likeness (QED) is 0.860. The largest absolute Gasteiger partial charge is 0.480 e. The molecular weight excluding hydrogens is 292 g/mol. The van der Waals surface area contributed by atoms with E-state index in [1.165, 1.54) is 0 Å². The molecule has 2 rings (SSSR count). The topological polar surface area (TPSA) is 81.4 Å². The summed E-state index contributed by atoms with van der Waals surface area (Å²) in [6.07, 6.45) is -0.0496. The summed E-state index contributed by atoms with van der Waals surface area (Å²) in [6.45, 7) is 3.82. The normalized spacial score (nSPS) is 11.6. The number of anilines is 1. The first-order valence-corrected chi connectivity index (χ1v) is 7.44. The molecule has 5 nitrogen and oxygen atoms in total. The Bertz CT molecular complexity index is 696. The first kappa shape index (κ1) is 16.5. The van der Waals surface area contributed by atoms with Crippen molar-refractivity contribution in [2.75, 3.05) is 5.32 Å². The van der Waals surface area contributed by atoms with Crippen LogP contribution in [0.3, 0.4) is 0 Å². The molecule has 0 bridgehead atoms. The summed E-state index contributed by atoms with van der Waals surface area (Å²) in [5, 5.41) is 2.78. The number of benzene rings is 2. The Labute approximate surface area is 135 Å². The van der Waals surface area contributed by atoms with Crippen molar-refractivity contribution in [1.82, 2.24) is 0 Å². The Morgan fingerprint density at radius 2 is 1.78 bits per heavy atom. The van der Waals surface area contributed by atoms with Gasteiger partial charge in [-0.15, -0.1) is 0 Å². The summed E-state index contributed by atoms with van der Waals surface area (Å²) < 4.78 is 5.80. The van der Waals surface area contributed by atoms with E-state index < -0.39 is 12.0 Å². The summed E-state index contributed by atoms with van der Waals surface area (Å²) in [5.41, 5.74) is 7.15. The van der Waals surface area contributed by atoms with Crippen LogP contribution in [0, 0.1) is 6.92 Å². The highest BCUT2D eigenvalue weighted by molar-refractivity contribution is 5.96. The number of carbonyl (C=O) groups excluding carboxylic acids is 2. The number of para-hydroxylation sites is 1. The number of carbonyl (C=O) groups is 2. The van der Waals surface area contributed by atoms with Crippen molar-refractivity contribution in [2.45, 2.75) is 26.4 Å². The summed E-state index contributed by atoms with van der Waals surface area (Å²) in [5.74, 6) is -0.0432. The van der Waals surface area contributed by atoms with Gasteiger partial charge in [-0.2, -0.15) is 0 Å². The molecule has 0 spiro atoms. The van der Waals surface area contributed by atoms with Crippen LogP contribution in [0.5, 0.6) is 5.75 Å². The van der Waals surface area contributed by atoms with E-state index in [1.54, 1.807) is 24.3 Å². The fourth-order valence-electron chi connectivity index (χ4n) is 2.10. The number of primary amides is 1. The molecule has 120 valence electrons. The first-order valence-electron chi connectivity index (χ1n) is 7.44. The molecule has 23 heavy (non-hydrogen) atoms. The van der Waals surface area contributed by atoms with Gasteiger partial charge < -0.3 is 15.8 Å². The van der Waals surface area contributed by atoms with Crippen molar-refractivity contribution in [3.63, 3.8) is 0 Å². The van der Waals surface area contributed by atoms with Gasteiger partial charge in [0.1, 0.15) is 5.75 Å². The van der Waals surface area contributed by atoms with Crippen LogP contribution in [0.15, 0.2) is 48.5 Å². The maximum atomic E-state index is 12.4. The fourth-order valence-corrected chi connectivity index (χ4v) is 2.10. The molecule has 0 aliphatic rings. The second-order valence-electron chi connectivity index (χ2n) is 5.21. The van der Waals surface area contributed by atoms with Crippen LogP contribution < -0.4 is 15.8 Å². The van der Waals surface area contributed by atoms with Gasteiger partial charge in [0.15, 0.2) is 6.10 Å². The maximum absolute atomic E-state index is 12.4. The molecule has 2 amide bonds. The van der Waals surface area contributed by atoms with E-state index >= 15 is 0 Å². The van der Waals surface area contributed by atoms with Gasteiger partial charge in [0.25, 0.3) is 5.91 Å². The van der Waals surface area contributed by atoms with Gasteiger partial charge in [0.2, 0.25) is 5.91 Å². The second kappa shape index (κ2) is 7.45. The number of aryl methyl sites for hydroxylation is 1. The summed E-state index contributed by atoms with van der Waals surface area (Å²) in [6, 6.07) is 14.0.